The molecule has 7 nitrogen and oxygen atoms in total. The van der Waals surface area contributed by atoms with Crippen molar-refractivity contribution in [3.63, 3.8) is 0 Å². The second-order valence-electron chi connectivity index (χ2n) is 6.72. The number of amides is 1. The number of nitrogens with one attached hydrogen (secondary N) is 1. The Labute approximate surface area is 146 Å². The number of fused-ring (bicyclic) bond motifs is 1. The number of rotatable bonds is 6. The van der Waals surface area contributed by atoms with Gasteiger partial charge in [0.05, 0.1) is 29.4 Å². The Morgan fingerprint density at radius 3 is 2.96 bits per heavy atom. The van der Waals surface area contributed by atoms with Crippen molar-refractivity contribution in [1.29, 1.82) is 0 Å². The van der Waals surface area contributed by atoms with E-state index in [9.17, 15) is 4.79 Å². The van der Waals surface area contributed by atoms with Crippen LogP contribution in [-0.2, 0) is 13.1 Å². The topological polar surface area (TPSA) is 79.7 Å². The van der Waals surface area contributed by atoms with E-state index in [1.165, 1.54) is 0 Å². The fourth-order valence-electron chi connectivity index (χ4n) is 3.11. The molecule has 25 heavy (non-hydrogen) atoms. The average molecular weight is 338 g/mol. The zero-order valence-electron chi connectivity index (χ0n) is 14.6. The zero-order valence-corrected chi connectivity index (χ0v) is 14.6. The van der Waals surface area contributed by atoms with Gasteiger partial charge in [-0.3, -0.25) is 9.89 Å². The van der Waals surface area contributed by atoms with Gasteiger partial charge in [-0.2, -0.15) is 10.2 Å². The van der Waals surface area contributed by atoms with Gasteiger partial charge in [-0.25, -0.2) is 9.67 Å². The molecular formula is C18H22N6O. The van der Waals surface area contributed by atoms with Crippen molar-refractivity contribution in [2.45, 2.75) is 45.2 Å². The molecule has 1 aliphatic carbocycles. The molecule has 0 atom stereocenters. The molecule has 130 valence electrons. The van der Waals surface area contributed by atoms with Gasteiger partial charge < -0.3 is 4.90 Å². The highest BCUT2D eigenvalue weighted by molar-refractivity contribution is 6.05. The lowest BCUT2D eigenvalue weighted by atomic mass is 10.1. The molecule has 3 aromatic rings. The van der Waals surface area contributed by atoms with Gasteiger partial charge >= 0.3 is 0 Å². The van der Waals surface area contributed by atoms with E-state index in [-0.39, 0.29) is 5.91 Å². The molecule has 1 fully saturated rings. The molecule has 1 amide bonds. The fourth-order valence-corrected chi connectivity index (χ4v) is 3.11. The zero-order chi connectivity index (χ0) is 17.4. The summed E-state index contributed by atoms with van der Waals surface area (Å²) in [7, 11) is 1.81. The Morgan fingerprint density at radius 1 is 1.44 bits per heavy atom. The van der Waals surface area contributed by atoms with Crippen LogP contribution in [-0.4, -0.2) is 42.8 Å². The van der Waals surface area contributed by atoms with Gasteiger partial charge in [0, 0.05) is 31.4 Å². The van der Waals surface area contributed by atoms with E-state index in [4.69, 9.17) is 4.98 Å². The van der Waals surface area contributed by atoms with Gasteiger partial charge in [-0.1, -0.05) is 6.92 Å². The Bertz CT molecular complexity index is 894. The van der Waals surface area contributed by atoms with Crippen LogP contribution in [0.1, 0.15) is 53.8 Å². The van der Waals surface area contributed by atoms with Crippen LogP contribution in [0, 0.1) is 0 Å². The molecule has 0 bridgehead atoms. The van der Waals surface area contributed by atoms with E-state index in [1.54, 1.807) is 17.3 Å². The largest absolute Gasteiger partial charge is 0.336 e. The number of aromatic nitrogens is 5. The first-order valence-corrected chi connectivity index (χ1v) is 8.77. The molecule has 4 rings (SSSR count). The molecule has 1 saturated carbocycles. The molecule has 3 aromatic heterocycles. The van der Waals surface area contributed by atoms with E-state index in [1.807, 2.05) is 23.9 Å². The van der Waals surface area contributed by atoms with Crippen LogP contribution in [0.5, 0.6) is 0 Å². The maximum Gasteiger partial charge on any atom is 0.254 e. The summed E-state index contributed by atoms with van der Waals surface area (Å²) in [6.45, 7) is 3.41. The minimum Gasteiger partial charge on any atom is -0.336 e. The summed E-state index contributed by atoms with van der Waals surface area (Å²) in [5.41, 5.74) is 3.44. The molecule has 0 aliphatic heterocycles. The number of hydrogen-bond acceptors (Lipinski definition) is 4. The summed E-state index contributed by atoms with van der Waals surface area (Å²) in [6, 6.07) is 3.84. The number of carbonyl (C=O) groups excluding carboxylic acids is 1. The molecule has 0 aromatic carbocycles. The maximum absolute atomic E-state index is 13.1. The molecule has 1 N–H and O–H groups in total. The first kappa shape index (κ1) is 15.8. The van der Waals surface area contributed by atoms with Crippen molar-refractivity contribution in [3.05, 3.63) is 41.5 Å². The molecular weight excluding hydrogens is 316 g/mol. The molecule has 7 heteroatoms. The second-order valence-corrected chi connectivity index (χ2v) is 6.72. The summed E-state index contributed by atoms with van der Waals surface area (Å²) in [4.78, 5) is 19.6. The predicted octanol–water partition coefficient (Wildman–Crippen LogP) is 2.71. The number of pyridine rings is 1. The first-order chi connectivity index (χ1) is 12.2. The van der Waals surface area contributed by atoms with Gasteiger partial charge in [0.2, 0.25) is 0 Å². The molecule has 0 spiro atoms. The van der Waals surface area contributed by atoms with E-state index in [2.05, 4.69) is 22.2 Å². The predicted molar refractivity (Wildman–Crippen MR) is 94.2 cm³/mol. The highest BCUT2D eigenvalue weighted by Crippen LogP contribution is 2.40. The van der Waals surface area contributed by atoms with Crippen molar-refractivity contribution < 1.29 is 4.79 Å². The van der Waals surface area contributed by atoms with Crippen LogP contribution < -0.4 is 0 Å². The molecule has 0 saturated heterocycles. The standard InChI is InChI=1S/C18H22N6O/c1-3-8-24-17-15(10-20-24)14(9-16(21-17)12-4-5-12)18(25)23(2)11-13-6-7-19-22-13/h6-7,9-10,12H,3-5,8,11H2,1-2H3,(H,19,22). The SMILES string of the molecule is CCCn1ncc2c(C(=O)N(C)Cc3ccn[nH]3)cc(C3CC3)nc21. The Morgan fingerprint density at radius 2 is 2.28 bits per heavy atom. The number of aryl methyl sites for hydroxylation is 1. The summed E-state index contributed by atoms with van der Waals surface area (Å²) >= 11 is 0. The number of carbonyl (C=O) groups is 1. The Hall–Kier alpha value is -2.70. The van der Waals surface area contributed by atoms with E-state index in [0.29, 0.717) is 18.0 Å². The third-order valence-electron chi connectivity index (χ3n) is 4.60. The van der Waals surface area contributed by atoms with Crippen LogP contribution in [0.3, 0.4) is 0 Å². The summed E-state index contributed by atoms with van der Waals surface area (Å²) in [5, 5.41) is 12.1. The number of nitrogens with zero attached hydrogens (tertiary/aromatic N) is 5. The van der Waals surface area contributed by atoms with Crippen LogP contribution in [0.4, 0.5) is 0 Å². The fraction of sp³-hybridized carbons (Fsp3) is 0.444. The summed E-state index contributed by atoms with van der Waals surface area (Å²) < 4.78 is 1.91. The van der Waals surface area contributed by atoms with Gasteiger partial charge in [0.1, 0.15) is 0 Å². The van der Waals surface area contributed by atoms with Gasteiger partial charge in [-0.15, -0.1) is 0 Å². The van der Waals surface area contributed by atoms with Crippen molar-refractivity contribution >= 4 is 16.9 Å². The van der Waals surface area contributed by atoms with Crippen LogP contribution in [0.2, 0.25) is 0 Å². The second kappa shape index (κ2) is 6.31. The minimum absolute atomic E-state index is 0.0139. The lowest BCUT2D eigenvalue weighted by Crippen LogP contribution is -2.26. The minimum atomic E-state index is -0.0139. The van der Waals surface area contributed by atoms with E-state index < -0.39 is 0 Å². The Balaban J connectivity index is 1.73. The van der Waals surface area contributed by atoms with E-state index >= 15 is 0 Å². The lowest BCUT2D eigenvalue weighted by molar-refractivity contribution is 0.0785. The highest BCUT2D eigenvalue weighted by Gasteiger charge is 2.28. The first-order valence-electron chi connectivity index (χ1n) is 8.77. The quantitative estimate of drug-likeness (QED) is 0.749. The van der Waals surface area contributed by atoms with Crippen molar-refractivity contribution in [3.8, 4) is 0 Å². The third kappa shape index (κ3) is 3.01. The third-order valence-corrected chi connectivity index (χ3v) is 4.60. The monoisotopic (exact) mass is 338 g/mol. The highest BCUT2D eigenvalue weighted by atomic mass is 16.2. The maximum atomic E-state index is 13.1. The summed E-state index contributed by atoms with van der Waals surface area (Å²) in [6.07, 6.45) is 6.75. The van der Waals surface area contributed by atoms with Gasteiger partial charge in [0.25, 0.3) is 5.91 Å². The van der Waals surface area contributed by atoms with Crippen LogP contribution >= 0.6 is 0 Å². The molecule has 1 aliphatic rings. The number of aromatic amines is 1. The van der Waals surface area contributed by atoms with Crippen molar-refractivity contribution in [2.75, 3.05) is 7.05 Å². The number of H-pyrrole nitrogens is 1. The van der Waals surface area contributed by atoms with Crippen LogP contribution in [0.25, 0.3) is 11.0 Å². The molecule has 0 unspecified atom stereocenters. The van der Waals surface area contributed by atoms with Gasteiger partial charge in [0.15, 0.2) is 5.65 Å². The molecule has 3 heterocycles. The lowest BCUT2D eigenvalue weighted by Gasteiger charge is -2.17. The van der Waals surface area contributed by atoms with Crippen molar-refractivity contribution in [1.82, 2.24) is 29.9 Å². The molecule has 0 radical (unpaired) electrons. The van der Waals surface area contributed by atoms with Crippen molar-refractivity contribution in [2.24, 2.45) is 0 Å². The average Bonchev–Trinajstić information content (AvgIpc) is 3.20. The van der Waals surface area contributed by atoms with Crippen LogP contribution in [0.15, 0.2) is 24.5 Å². The smallest absolute Gasteiger partial charge is 0.254 e. The number of hydrogen-bond donors (Lipinski definition) is 1. The van der Waals surface area contributed by atoms with Gasteiger partial charge in [-0.05, 0) is 31.4 Å². The normalized spacial score (nSPS) is 14.2. The summed E-state index contributed by atoms with van der Waals surface area (Å²) in [5.74, 6) is 0.471. The van der Waals surface area contributed by atoms with E-state index in [0.717, 1.165) is 48.2 Å². The Kier molecular flexibility index (Phi) is 3.99.